The molecule has 1 aliphatic rings. The summed E-state index contributed by atoms with van der Waals surface area (Å²) in [6.45, 7) is 4.89. The first-order valence-corrected chi connectivity index (χ1v) is 5.61. The summed E-state index contributed by atoms with van der Waals surface area (Å²) in [7, 11) is 3.45. The molecular formula is C11H19N3O4. The van der Waals surface area contributed by atoms with Gasteiger partial charge in [0, 0.05) is 14.1 Å². The molecule has 1 rings (SSSR count). The van der Waals surface area contributed by atoms with Crippen LogP contribution in [-0.4, -0.2) is 65.2 Å². The van der Waals surface area contributed by atoms with Crippen LogP contribution < -0.4 is 0 Å². The Morgan fingerprint density at radius 3 is 2.44 bits per heavy atom. The van der Waals surface area contributed by atoms with E-state index in [1.165, 1.54) is 6.34 Å². The molecule has 2 unspecified atom stereocenters. The Labute approximate surface area is 106 Å². The summed E-state index contributed by atoms with van der Waals surface area (Å²) in [5.74, 6) is -0.524. The van der Waals surface area contributed by atoms with Crippen molar-refractivity contribution < 1.29 is 19.4 Å². The largest absolute Gasteiger partial charge is 0.465 e. The number of ether oxygens (including phenoxy) is 1. The van der Waals surface area contributed by atoms with Gasteiger partial charge in [-0.1, -0.05) is 0 Å². The first-order valence-electron chi connectivity index (χ1n) is 5.61. The van der Waals surface area contributed by atoms with Crippen molar-refractivity contribution in [3.63, 3.8) is 0 Å². The van der Waals surface area contributed by atoms with E-state index >= 15 is 0 Å². The molecule has 1 aliphatic heterocycles. The van der Waals surface area contributed by atoms with Crippen LogP contribution in [-0.2, 0) is 9.53 Å². The van der Waals surface area contributed by atoms with Crippen molar-refractivity contribution in [2.75, 3.05) is 14.1 Å². The first-order chi connectivity index (χ1) is 8.16. The van der Waals surface area contributed by atoms with Gasteiger partial charge < -0.3 is 14.7 Å². The van der Waals surface area contributed by atoms with Gasteiger partial charge in [-0.2, -0.15) is 0 Å². The van der Waals surface area contributed by atoms with Gasteiger partial charge in [0.15, 0.2) is 0 Å². The lowest BCUT2D eigenvalue weighted by Gasteiger charge is -2.29. The minimum Gasteiger partial charge on any atom is -0.465 e. The van der Waals surface area contributed by atoms with E-state index in [2.05, 4.69) is 4.99 Å². The average molecular weight is 257 g/mol. The Kier molecular flexibility index (Phi) is 3.95. The Morgan fingerprint density at radius 2 is 2.00 bits per heavy atom. The molecule has 2 amide bonds. The lowest BCUT2D eigenvalue weighted by molar-refractivity contribution is -0.122. The number of aliphatic imine (C=N–C) groups is 1. The molecule has 0 aromatic carbocycles. The highest BCUT2D eigenvalue weighted by Gasteiger charge is 2.51. The first kappa shape index (κ1) is 14.4. The zero-order chi connectivity index (χ0) is 14.1. The van der Waals surface area contributed by atoms with E-state index in [1.54, 1.807) is 39.8 Å². The number of nitrogens with zero attached hydrogens (tertiary/aromatic N) is 3. The molecule has 1 heterocycles. The maximum absolute atomic E-state index is 12.0. The molecule has 0 radical (unpaired) electrons. The molecule has 1 N–H and O–H groups in total. The van der Waals surface area contributed by atoms with E-state index in [1.807, 2.05) is 0 Å². The molecule has 18 heavy (non-hydrogen) atoms. The fourth-order valence-electron chi connectivity index (χ4n) is 2.03. The van der Waals surface area contributed by atoms with Crippen LogP contribution in [0.25, 0.3) is 0 Å². The van der Waals surface area contributed by atoms with Crippen LogP contribution in [0, 0.1) is 0 Å². The van der Waals surface area contributed by atoms with Gasteiger partial charge in [-0.3, -0.25) is 9.69 Å². The van der Waals surface area contributed by atoms with E-state index in [0.717, 1.165) is 4.90 Å². The number of carbonyl (C=O) groups excluding carboxylic acids is 1. The number of hydrogen-bond donors (Lipinski definition) is 1. The molecular weight excluding hydrogens is 238 g/mol. The molecule has 1 saturated heterocycles. The lowest BCUT2D eigenvalue weighted by Crippen LogP contribution is -2.50. The summed E-state index contributed by atoms with van der Waals surface area (Å²) < 4.78 is 5.50. The SMILES string of the molecule is CC1OC(C)(C)N(C(=O)O)C1C(=O)/N=C/N(C)C. The molecule has 0 aromatic heterocycles. The second-order valence-corrected chi connectivity index (χ2v) is 4.91. The highest BCUT2D eigenvalue weighted by atomic mass is 16.6. The van der Waals surface area contributed by atoms with E-state index in [4.69, 9.17) is 4.74 Å². The van der Waals surface area contributed by atoms with Gasteiger partial charge in [-0.25, -0.2) is 9.79 Å². The zero-order valence-corrected chi connectivity index (χ0v) is 11.2. The van der Waals surface area contributed by atoms with Crippen molar-refractivity contribution >= 4 is 18.3 Å². The van der Waals surface area contributed by atoms with Crippen LogP contribution in [0.1, 0.15) is 20.8 Å². The van der Waals surface area contributed by atoms with Gasteiger partial charge in [0.25, 0.3) is 5.91 Å². The molecule has 0 spiro atoms. The number of carbonyl (C=O) groups is 2. The summed E-state index contributed by atoms with van der Waals surface area (Å²) in [6, 6.07) is -0.909. The molecule has 7 heteroatoms. The molecule has 0 bridgehead atoms. The topological polar surface area (TPSA) is 82.4 Å². The van der Waals surface area contributed by atoms with Gasteiger partial charge in [-0.15, -0.1) is 0 Å². The molecule has 0 saturated carbocycles. The highest BCUT2D eigenvalue weighted by Crippen LogP contribution is 2.32. The zero-order valence-electron chi connectivity index (χ0n) is 11.2. The summed E-state index contributed by atoms with van der Waals surface area (Å²) >= 11 is 0. The van der Waals surface area contributed by atoms with Crippen molar-refractivity contribution in [3.8, 4) is 0 Å². The number of amides is 2. The molecule has 102 valence electrons. The Hall–Kier alpha value is -1.63. The van der Waals surface area contributed by atoms with Gasteiger partial charge in [-0.05, 0) is 20.8 Å². The fourth-order valence-corrected chi connectivity index (χ4v) is 2.03. The third-order valence-electron chi connectivity index (χ3n) is 2.65. The second kappa shape index (κ2) is 4.93. The van der Waals surface area contributed by atoms with E-state index in [9.17, 15) is 14.7 Å². The Bertz CT molecular complexity index is 378. The smallest absolute Gasteiger partial charge is 0.410 e. The van der Waals surface area contributed by atoms with Crippen molar-refractivity contribution in [2.24, 2.45) is 4.99 Å². The Balaban J connectivity index is 2.98. The second-order valence-electron chi connectivity index (χ2n) is 4.91. The van der Waals surface area contributed by atoms with Crippen LogP contribution in [0.3, 0.4) is 0 Å². The average Bonchev–Trinajstić information content (AvgIpc) is 2.44. The number of hydrogen-bond acceptors (Lipinski definition) is 3. The molecule has 7 nitrogen and oxygen atoms in total. The molecule has 0 aromatic rings. The maximum atomic E-state index is 12.0. The lowest BCUT2D eigenvalue weighted by atomic mass is 10.1. The van der Waals surface area contributed by atoms with Crippen molar-refractivity contribution in [1.82, 2.24) is 9.80 Å². The highest BCUT2D eigenvalue weighted by molar-refractivity contribution is 5.91. The molecule has 1 fully saturated rings. The van der Waals surface area contributed by atoms with Crippen LogP contribution in [0.2, 0.25) is 0 Å². The standard InChI is InChI=1S/C11H19N3O4/c1-7-8(9(15)12-6-13(4)5)14(10(16)17)11(2,3)18-7/h6-8H,1-5H3,(H,16,17)/b12-6+. The minimum absolute atomic E-state index is 0.524. The quantitative estimate of drug-likeness (QED) is 0.579. The summed E-state index contributed by atoms with van der Waals surface area (Å²) in [5.41, 5.74) is -1.03. The minimum atomic E-state index is -1.19. The van der Waals surface area contributed by atoms with E-state index in [-0.39, 0.29) is 0 Å². The van der Waals surface area contributed by atoms with Crippen molar-refractivity contribution in [2.45, 2.75) is 38.6 Å². The van der Waals surface area contributed by atoms with Crippen molar-refractivity contribution in [3.05, 3.63) is 0 Å². The van der Waals surface area contributed by atoms with Crippen LogP contribution in [0.4, 0.5) is 4.79 Å². The van der Waals surface area contributed by atoms with Gasteiger partial charge in [0.2, 0.25) is 0 Å². The number of carboxylic acid groups (broad SMARTS) is 1. The monoisotopic (exact) mass is 257 g/mol. The number of rotatable bonds is 2. The summed E-state index contributed by atoms with van der Waals surface area (Å²) in [4.78, 5) is 29.5. The maximum Gasteiger partial charge on any atom is 0.410 e. The van der Waals surface area contributed by atoms with Crippen LogP contribution in [0.5, 0.6) is 0 Å². The summed E-state index contributed by atoms with van der Waals surface area (Å²) in [5, 5.41) is 9.19. The predicted molar refractivity (Wildman–Crippen MR) is 65.5 cm³/mol. The van der Waals surface area contributed by atoms with Crippen LogP contribution >= 0.6 is 0 Å². The van der Waals surface area contributed by atoms with Crippen molar-refractivity contribution in [1.29, 1.82) is 0 Å². The van der Waals surface area contributed by atoms with E-state index < -0.39 is 29.9 Å². The van der Waals surface area contributed by atoms with Gasteiger partial charge >= 0.3 is 6.09 Å². The third-order valence-corrected chi connectivity index (χ3v) is 2.65. The summed E-state index contributed by atoms with van der Waals surface area (Å²) in [6.07, 6.45) is -0.369. The predicted octanol–water partition coefficient (Wildman–Crippen LogP) is 0.606. The van der Waals surface area contributed by atoms with Crippen LogP contribution in [0.15, 0.2) is 4.99 Å². The Morgan fingerprint density at radius 1 is 1.44 bits per heavy atom. The van der Waals surface area contributed by atoms with E-state index in [0.29, 0.717) is 0 Å². The molecule has 2 atom stereocenters. The normalized spacial score (nSPS) is 26.6. The third kappa shape index (κ3) is 2.79. The fraction of sp³-hybridized carbons (Fsp3) is 0.727. The van der Waals surface area contributed by atoms with Gasteiger partial charge in [0.05, 0.1) is 12.4 Å². The molecule has 0 aliphatic carbocycles. The van der Waals surface area contributed by atoms with Gasteiger partial charge in [0.1, 0.15) is 11.8 Å².